The van der Waals surface area contributed by atoms with Crippen LogP contribution >= 0.6 is 11.3 Å². The lowest BCUT2D eigenvalue weighted by molar-refractivity contribution is 1.66. The summed E-state index contributed by atoms with van der Waals surface area (Å²) in [5.41, 5.74) is 5.82. The fourth-order valence-electron chi connectivity index (χ4n) is 5.89. The van der Waals surface area contributed by atoms with Gasteiger partial charge in [-0.1, -0.05) is 115 Å². The van der Waals surface area contributed by atoms with Crippen LogP contribution in [0.15, 0.2) is 115 Å². The average Bonchev–Trinajstić information content (AvgIpc) is 3.33. The van der Waals surface area contributed by atoms with E-state index in [1.807, 2.05) is 17.4 Å². The minimum absolute atomic E-state index is 0.0969. The van der Waals surface area contributed by atoms with Gasteiger partial charge >= 0.3 is 6.85 Å². The topological polar surface area (TPSA) is 12.0 Å². The number of fused-ring (bicyclic) bond motifs is 12. The summed E-state index contributed by atoms with van der Waals surface area (Å²) in [7, 11) is 0. The zero-order valence-corrected chi connectivity index (χ0v) is 19.7. The molecule has 8 rings (SSSR count). The molecule has 6 aromatic carbocycles. The Hall–Kier alpha value is -4.08. The van der Waals surface area contributed by atoms with Crippen molar-refractivity contribution in [3.63, 3.8) is 0 Å². The number of nitrogens with one attached hydrogen (secondary N) is 1. The summed E-state index contributed by atoms with van der Waals surface area (Å²) < 4.78 is 11.8. The Bertz CT molecular complexity index is 1990. The maximum atomic E-state index is 9.17. The van der Waals surface area contributed by atoms with Gasteiger partial charge in [0.25, 0.3) is 0 Å². The fourth-order valence-corrected chi connectivity index (χ4v) is 7.12. The van der Waals surface area contributed by atoms with E-state index in [0.29, 0.717) is 6.04 Å². The lowest BCUT2D eigenvalue weighted by Crippen LogP contribution is -2.52. The molecule has 0 saturated heterocycles. The van der Waals surface area contributed by atoms with Gasteiger partial charge in [-0.3, -0.25) is 0 Å². The maximum absolute atomic E-state index is 9.17. The highest BCUT2D eigenvalue weighted by Gasteiger charge is 2.33. The summed E-state index contributed by atoms with van der Waals surface area (Å²) in [4.78, 5) is 0. The van der Waals surface area contributed by atoms with Gasteiger partial charge in [-0.25, -0.2) is 0 Å². The smallest absolute Gasteiger partial charge is 0.321 e. The first-order valence-corrected chi connectivity index (χ1v) is 12.8. The van der Waals surface area contributed by atoms with E-state index >= 15 is 0 Å². The molecule has 1 N–H and O–H groups in total. The minimum Gasteiger partial charge on any atom is -0.418 e. The lowest BCUT2D eigenvalue weighted by atomic mass is 9.47. The summed E-state index contributed by atoms with van der Waals surface area (Å²) in [6.45, 7) is -0.0969. The first kappa shape index (κ1) is 18.3. The van der Waals surface area contributed by atoms with Crippen molar-refractivity contribution in [1.29, 1.82) is 0 Å². The molecule has 0 radical (unpaired) electrons. The SMILES string of the molecule is [2H]c1cc2ccccc2c2c1B(c1ccccc1)Nc1c-2c2ccccc2c2c1sc1ccccc12. The summed E-state index contributed by atoms with van der Waals surface area (Å²) in [6.07, 6.45) is 0. The van der Waals surface area contributed by atoms with Crippen LogP contribution in [0.5, 0.6) is 0 Å². The number of anilines is 1. The molecule has 162 valence electrons. The van der Waals surface area contributed by atoms with Gasteiger partial charge in [0.1, 0.15) is 0 Å². The maximum Gasteiger partial charge on any atom is 0.321 e. The van der Waals surface area contributed by atoms with Gasteiger partial charge in [-0.2, -0.15) is 0 Å². The summed E-state index contributed by atoms with van der Waals surface area (Å²) in [5.74, 6) is 0. The van der Waals surface area contributed by atoms with Crippen LogP contribution in [0.4, 0.5) is 5.69 Å². The summed E-state index contributed by atoms with van der Waals surface area (Å²) in [5, 5.41) is 11.4. The van der Waals surface area contributed by atoms with E-state index in [1.165, 1.54) is 58.6 Å². The predicted octanol–water partition coefficient (Wildman–Crippen LogP) is 7.56. The lowest BCUT2D eigenvalue weighted by Gasteiger charge is -2.31. The standard InChI is InChI=1S/C32H20BNS/c1-2-11-21(12-3-1)33-26-19-18-20-10-4-5-13-22(20)29(26)30-24-15-7-6-14-23(24)28-25-16-8-9-17-27(25)35-32(28)31(30)34-33/h1-19,34H/i19D. The number of hydrogen-bond donors (Lipinski definition) is 1. The Morgan fingerprint density at radius 2 is 1.31 bits per heavy atom. The Morgan fingerprint density at radius 3 is 2.17 bits per heavy atom. The van der Waals surface area contributed by atoms with Crippen LogP contribution in [-0.2, 0) is 0 Å². The van der Waals surface area contributed by atoms with Gasteiger partial charge in [-0.15, -0.1) is 11.3 Å². The van der Waals surface area contributed by atoms with Crippen LogP contribution in [0.25, 0.3) is 52.8 Å². The van der Waals surface area contributed by atoms with E-state index in [4.69, 9.17) is 0 Å². The Kier molecular flexibility index (Phi) is 3.77. The summed E-state index contributed by atoms with van der Waals surface area (Å²) >= 11 is 1.86. The normalized spacial score (nSPS) is 13.1. The Balaban J connectivity index is 1.63. The Labute approximate surface area is 209 Å². The third-order valence-corrected chi connectivity index (χ3v) is 8.57. The molecule has 1 aromatic heterocycles. The van der Waals surface area contributed by atoms with E-state index in [0.717, 1.165) is 10.8 Å². The molecule has 7 aromatic rings. The van der Waals surface area contributed by atoms with Crippen molar-refractivity contribution in [3.8, 4) is 11.1 Å². The molecule has 0 amide bonds. The van der Waals surface area contributed by atoms with Crippen molar-refractivity contribution >= 4 is 76.5 Å². The molecule has 0 fully saturated rings. The second kappa shape index (κ2) is 7.21. The van der Waals surface area contributed by atoms with Gasteiger partial charge in [0, 0.05) is 26.7 Å². The molecule has 35 heavy (non-hydrogen) atoms. The van der Waals surface area contributed by atoms with Crippen molar-refractivity contribution in [1.82, 2.24) is 0 Å². The zero-order chi connectivity index (χ0) is 23.8. The third kappa shape index (κ3) is 2.65. The fraction of sp³-hybridized carbons (Fsp3) is 0. The van der Waals surface area contributed by atoms with E-state index in [2.05, 4.69) is 108 Å². The van der Waals surface area contributed by atoms with Gasteiger partial charge in [0.05, 0.1) is 6.07 Å². The molecule has 0 saturated carbocycles. The van der Waals surface area contributed by atoms with Gasteiger partial charge in [-0.05, 0) is 38.6 Å². The average molecular weight is 462 g/mol. The van der Waals surface area contributed by atoms with Gasteiger partial charge < -0.3 is 5.23 Å². The molecule has 2 heterocycles. The Morgan fingerprint density at radius 1 is 0.629 bits per heavy atom. The molecular weight excluding hydrogens is 441 g/mol. The van der Waals surface area contributed by atoms with Gasteiger partial charge in [0.2, 0.25) is 0 Å². The van der Waals surface area contributed by atoms with Crippen LogP contribution in [0.2, 0.25) is 0 Å². The van der Waals surface area contributed by atoms with Crippen LogP contribution in [0.3, 0.4) is 0 Å². The highest BCUT2D eigenvalue weighted by atomic mass is 32.1. The second-order valence-electron chi connectivity index (χ2n) is 9.25. The van der Waals surface area contributed by atoms with Crippen LogP contribution in [0, 0.1) is 0 Å². The zero-order valence-electron chi connectivity index (χ0n) is 19.9. The molecule has 0 spiro atoms. The molecule has 0 bridgehead atoms. The molecule has 1 aliphatic heterocycles. The van der Waals surface area contributed by atoms with Crippen molar-refractivity contribution in [3.05, 3.63) is 115 Å². The first-order valence-electron chi connectivity index (χ1n) is 12.5. The number of thiophene rings is 1. The highest BCUT2D eigenvalue weighted by molar-refractivity contribution is 7.26. The monoisotopic (exact) mass is 462 g/mol. The number of benzene rings is 6. The van der Waals surface area contributed by atoms with Crippen LogP contribution in [-0.4, -0.2) is 6.85 Å². The minimum atomic E-state index is -0.0969. The van der Waals surface area contributed by atoms with E-state index in [1.54, 1.807) is 0 Å². The first-order chi connectivity index (χ1) is 17.8. The van der Waals surface area contributed by atoms with Crippen molar-refractivity contribution in [2.75, 3.05) is 5.23 Å². The molecule has 0 aliphatic carbocycles. The van der Waals surface area contributed by atoms with Crippen LogP contribution in [0.1, 0.15) is 1.37 Å². The molecule has 1 aliphatic rings. The summed E-state index contributed by atoms with van der Waals surface area (Å²) in [6, 6.07) is 39.2. The van der Waals surface area contributed by atoms with E-state index in [-0.39, 0.29) is 6.85 Å². The predicted molar refractivity (Wildman–Crippen MR) is 155 cm³/mol. The van der Waals surface area contributed by atoms with E-state index in [9.17, 15) is 1.37 Å². The van der Waals surface area contributed by atoms with E-state index < -0.39 is 0 Å². The third-order valence-electron chi connectivity index (χ3n) is 7.38. The van der Waals surface area contributed by atoms with Crippen molar-refractivity contribution in [2.45, 2.75) is 0 Å². The van der Waals surface area contributed by atoms with Crippen molar-refractivity contribution in [2.24, 2.45) is 0 Å². The molecule has 0 atom stereocenters. The number of rotatable bonds is 1. The van der Waals surface area contributed by atoms with Crippen molar-refractivity contribution < 1.29 is 1.37 Å². The van der Waals surface area contributed by atoms with Gasteiger partial charge in [0.15, 0.2) is 0 Å². The molecule has 0 unspecified atom stereocenters. The second-order valence-corrected chi connectivity index (χ2v) is 10.3. The van der Waals surface area contributed by atoms with Crippen LogP contribution < -0.4 is 16.2 Å². The molecule has 3 heteroatoms. The number of hydrogen-bond acceptors (Lipinski definition) is 2. The molecular formula is C32H20BNS. The quantitative estimate of drug-likeness (QED) is 0.248. The molecule has 1 nitrogen and oxygen atoms in total. The highest BCUT2D eigenvalue weighted by Crippen LogP contribution is 2.50. The largest absolute Gasteiger partial charge is 0.418 e.